The molecule has 2 aromatic rings. The van der Waals surface area contributed by atoms with Crippen LogP contribution in [0.5, 0.6) is 5.75 Å². The van der Waals surface area contributed by atoms with Gasteiger partial charge in [0.05, 0.1) is 0 Å². The molecule has 5 nitrogen and oxygen atoms in total. The molecule has 0 atom stereocenters. The summed E-state index contributed by atoms with van der Waals surface area (Å²) in [6.07, 6.45) is 0. The van der Waals surface area contributed by atoms with Gasteiger partial charge in [-0.1, -0.05) is 31.9 Å². The van der Waals surface area contributed by atoms with Crippen molar-refractivity contribution in [2.45, 2.75) is 0 Å². The number of hydrazine groups is 1. The van der Waals surface area contributed by atoms with Crippen molar-refractivity contribution < 1.29 is 14.3 Å². The highest BCUT2D eigenvalue weighted by molar-refractivity contribution is 9.10. The average Bonchev–Trinajstić information content (AvgIpc) is 2.52. The standard InChI is InChI=1S/C15H12Br2N2O3/c16-11-3-1-10(2-4-11)15(21)19-18-14(20)9-22-13-7-5-12(17)6-8-13/h1-8H,9H2,(H,18,20)(H,19,21). The van der Waals surface area contributed by atoms with Crippen LogP contribution >= 0.6 is 31.9 Å². The molecular formula is C15H12Br2N2O3. The molecule has 0 unspecified atom stereocenters. The Hall–Kier alpha value is -1.86. The Bertz CT molecular complexity index is 657. The largest absolute Gasteiger partial charge is 0.484 e. The fourth-order valence-corrected chi connectivity index (χ4v) is 2.04. The van der Waals surface area contributed by atoms with E-state index in [0.29, 0.717) is 11.3 Å². The third kappa shape index (κ3) is 5.16. The van der Waals surface area contributed by atoms with Gasteiger partial charge in [0.15, 0.2) is 6.61 Å². The first-order chi connectivity index (χ1) is 10.5. The number of hydrogen-bond donors (Lipinski definition) is 2. The molecule has 0 aliphatic rings. The van der Waals surface area contributed by atoms with Crippen LogP contribution in [0.3, 0.4) is 0 Å². The Balaban J connectivity index is 1.76. The molecule has 2 aromatic carbocycles. The predicted molar refractivity (Wildman–Crippen MR) is 89.4 cm³/mol. The van der Waals surface area contributed by atoms with Crippen LogP contribution in [0.4, 0.5) is 0 Å². The summed E-state index contributed by atoms with van der Waals surface area (Å²) in [5.41, 5.74) is 5.06. The topological polar surface area (TPSA) is 67.4 Å². The molecule has 0 bridgehead atoms. The first kappa shape index (κ1) is 16.5. The van der Waals surface area contributed by atoms with Gasteiger partial charge in [0.2, 0.25) is 0 Å². The van der Waals surface area contributed by atoms with Crippen molar-refractivity contribution in [2.75, 3.05) is 6.61 Å². The molecule has 22 heavy (non-hydrogen) atoms. The van der Waals surface area contributed by atoms with Crippen LogP contribution in [0.25, 0.3) is 0 Å². The van der Waals surface area contributed by atoms with E-state index < -0.39 is 11.8 Å². The van der Waals surface area contributed by atoms with Gasteiger partial charge in [-0.15, -0.1) is 0 Å². The summed E-state index contributed by atoms with van der Waals surface area (Å²) in [4.78, 5) is 23.4. The van der Waals surface area contributed by atoms with Crippen molar-refractivity contribution in [3.05, 3.63) is 63.0 Å². The SMILES string of the molecule is O=C(COc1ccc(Br)cc1)NNC(=O)c1ccc(Br)cc1. The molecule has 0 saturated carbocycles. The lowest BCUT2D eigenvalue weighted by Gasteiger charge is -2.09. The summed E-state index contributed by atoms with van der Waals surface area (Å²) in [6.45, 7) is -0.192. The highest BCUT2D eigenvalue weighted by Crippen LogP contribution is 2.15. The number of nitrogens with one attached hydrogen (secondary N) is 2. The zero-order chi connectivity index (χ0) is 15.9. The number of amides is 2. The van der Waals surface area contributed by atoms with Crippen molar-refractivity contribution in [3.63, 3.8) is 0 Å². The van der Waals surface area contributed by atoms with Gasteiger partial charge in [-0.25, -0.2) is 0 Å². The molecule has 114 valence electrons. The molecule has 0 heterocycles. The zero-order valence-electron chi connectivity index (χ0n) is 11.3. The van der Waals surface area contributed by atoms with E-state index in [9.17, 15) is 9.59 Å². The van der Waals surface area contributed by atoms with Gasteiger partial charge < -0.3 is 4.74 Å². The van der Waals surface area contributed by atoms with Crippen LogP contribution in [0.1, 0.15) is 10.4 Å². The number of halogens is 2. The molecule has 0 aliphatic heterocycles. The molecule has 7 heteroatoms. The van der Waals surface area contributed by atoms with E-state index in [0.717, 1.165) is 8.95 Å². The van der Waals surface area contributed by atoms with Crippen molar-refractivity contribution in [1.82, 2.24) is 10.9 Å². The van der Waals surface area contributed by atoms with E-state index in [4.69, 9.17) is 4.74 Å². The number of ether oxygens (including phenoxy) is 1. The fraction of sp³-hybridized carbons (Fsp3) is 0.0667. The molecule has 2 amide bonds. The quantitative estimate of drug-likeness (QED) is 0.737. The molecular weight excluding hydrogens is 416 g/mol. The third-order valence-corrected chi connectivity index (χ3v) is 3.66. The van der Waals surface area contributed by atoms with Crippen molar-refractivity contribution in [2.24, 2.45) is 0 Å². The maximum atomic E-state index is 11.8. The minimum absolute atomic E-state index is 0.192. The third-order valence-electron chi connectivity index (χ3n) is 2.61. The van der Waals surface area contributed by atoms with Gasteiger partial charge in [-0.2, -0.15) is 0 Å². The predicted octanol–water partition coefficient (Wildman–Crippen LogP) is 3.05. The monoisotopic (exact) mass is 426 g/mol. The zero-order valence-corrected chi connectivity index (χ0v) is 14.5. The summed E-state index contributed by atoms with van der Waals surface area (Å²) in [5, 5.41) is 0. The van der Waals surface area contributed by atoms with Crippen molar-refractivity contribution in [3.8, 4) is 5.75 Å². The maximum Gasteiger partial charge on any atom is 0.276 e. The second-order valence-electron chi connectivity index (χ2n) is 4.25. The van der Waals surface area contributed by atoms with Gasteiger partial charge in [-0.3, -0.25) is 20.4 Å². The average molecular weight is 428 g/mol. The van der Waals surface area contributed by atoms with Gasteiger partial charge in [0.25, 0.3) is 11.8 Å². The molecule has 2 N–H and O–H groups in total. The maximum absolute atomic E-state index is 11.8. The fourth-order valence-electron chi connectivity index (χ4n) is 1.52. The number of benzene rings is 2. The lowest BCUT2D eigenvalue weighted by Crippen LogP contribution is -2.43. The Labute approximate surface area is 144 Å². The van der Waals surface area contributed by atoms with E-state index in [1.54, 1.807) is 36.4 Å². The second-order valence-corrected chi connectivity index (χ2v) is 6.08. The van der Waals surface area contributed by atoms with Gasteiger partial charge in [0, 0.05) is 14.5 Å². The molecule has 0 aromatic heterocycles. The molecule has 0 spiro atoms. The summed E-state index contributed by atoms with van der Waals surface area (Å²) < 4.78 is 7.08. The van der Waals surface area contributed by atoms with Gasteiger partial charge >= 0.3 is 0 Å². The second kappa shape index (κ2) is 7.95. The number of rotatable bonds is 4. The normalized spacial score (nSPS) is 9.91. The first-order valence-electron chi connectivity index (χ1n) is 6.28. The molecule has 0 aliphatic carbocycles. The minimum Gasteiger partial charge on any atom is -0.484 e. The summed E-state index contributed by atoms with van der Waals surface area (Å²) in [5.74, 6) is -0.282. The van der Waals surface area contributed by atoms with Gasteiger partial charge in [0.1, 0.15) is 5.75 Å². The molecule has 0 radical (unpaired) electrons. The Morgan fingerprint density at radius 2 is 1.41 bits per heavy atom. The van der Waals surface area contributed by atoms with Crippen LogP contribution in [0.2, 0.25) is 0 Å². The minimum atomic E-state index is -0.451. The van der Waals surface area contributed by atoms with Gasteiger partial charge in [-0.05, 0) is 48.5 Å². The lowest BCUT2D eigenvalue weighted by atomic mass is 10.2. The number of carbonyl (C=O) groups is 2. The van der Waals surface area contributed by atoms with E-state index in [-0.39, 0.29) is 6.61 Å². The smallest absolute Gasteiger partial charge is 0.276 e. The van der Waals surface area contributed by atoms with E-state index in [1.165, 1.54) is 0 Å². The summed E-state index contributed by atoms with van der Waals surface area (Å²) >= 11 is 6.59. The molecule has 0 saturated heterocycles. The molecule has 0 fully saturated rings. The highest BCUT2D eigenvalue weighted by atomic mass is 79.9. The van der Waals surface area contributed by atoms with Crippen molar-refractivity contribution >= 4 is 43.7 Å². The summed E-state index contributed by atoms with van der Waals surface area (Å²) in [7, 11) is 0. The van der Waals surface area contributed by atoms with Crippen molar-refractivity contribution in [1.29, 1.82) is 0 Å². The Morgan fingerprint density at radius 1 is 0.864 bits per heavy atom. The number of hydrogen-bond acceptors (Lipinski definition) is 3. The van der Waals surface area contributed by atoms with Crippen LogP contribution in [-0.2, 0) is 4.79 Å². The van der Waals surface area contributed by atoms with E-state index >= 15 is 0 Å². The van der Waals surface area contributed by atoms with Crippen LogP contribution in [0.15, 0.2) is 57.5 Å². The van der Waals surface area contributed by atoms with E-state index in [2.05, 4.69) is 42.7 Å². The number of carbonyl (C=O) groups excluding carboxylic acids is 2. The van der Waals surface area contributed by atoms with E-state index in [1.807, 2.05) is 12.1 Å². The summed E-state index contributed by atoms with van der Waals surface area (Å²) in [6, 6.07) is 13.9. The highest BCUT2D eigenvalue weighted by Gasteiger charge is 2.07. The lowest BCUT2D eigenvalue weighted by molar-refractivity contribution is -0.123. The van der Waals surface area contributed by atoms with Crippen LogP contribution in [0, 0.1) is 0 Å². The molecule has 2 rings (SSSR count). The van der Waals surface area contributed by atoms with Crippen LogP contribution < -0.4 is 15.6 Å². The Kier molecular flexibility index (Phi) is 5.97. The Morgan fingerprint density at radius 3 is 2.00 bits per heavy atom. The van der Waals surface area contributed by atoms with Crippen LogP contribution in [-0.4, -0.2) is 18.4 Å². The first-order valence-corrected chi connectivity index (χ1v) is 7.86.